The zero-order valence-corrected chi connectivity index (χ0v) is 11.6. The summed E-state index contributed by atoms with van der Waals surface area (Å²) < 4.78 is 19.8. The third-order valence-corrected chi connectivity index (χ3v) is 3.94. The molecule has 2 nitrogen and oxygen atoms in total. The van der Waals surface area contributed by atoms with E-state index in [2.05, 4.69) is 5.32 Å². The summed E-state index contributed by atoms with van der Waals surface area (Å²) in [5.41, 5.74) is 0.935. The lowest BCUT2D eigenvalue weighted by atomic mass is 10.0. The van der Waals surface area contributed by atoms with Gasteiger partial charge in [-0.2, -0.15) is 0 Å². The molecule has 0 amide bonds. The Morgan fingerprint density at radius 2 is 1.81 bits per heavy atom. The number of hydrogen-bond donors (Lipinski definition) is 1. The Morgan fingerprint density at radius 3 is 2.62 bits per heavy atom. The third-order valence-electron chi connectivity index (χ3n) is 3.94. The molecule has 1 aliphatic carbocycles. The normalized spacial score (nSPS) is 14.7. The van der Waals surface area contributed by atoms with Crippen LogP contribution >= 0.6 is 0 Å². The maximum Gasteiger partial charge on any atom is 0.134 e. The minimum absolute atomic E-state index is 0.198. The van der Waals surface area contributed by atoms with Gasteiger partial charge in [0.1, 0.15) is 17.3 Å². The second-order valence-electron chi connectivity index (χ2n) is 5.56. The van der Waals surface area contributed by atoms with E-state index in [9.17, 15) is 4.39 Å². The van der Waals surface area contributed by atoms with Crippen LogP contribution in [-0.2, 0) is 6.54 Å². The first-order valence-corrected chi connectivity index (χ1v) is 7.31. The molecule has 0 spiro atoms. The second-order valence-corrected chi connectivity index (χ2v) is 5.56. The lowest BCUT2D eigenvalue weighted by molar-refractivity contribution is 0.493. The van der Waals surface area contributed by atoms with Gasteiger partial charge in [-0.25, -0.2) is 4.39 Å². The van der Waals surface area contributed by atoms with Crippen LogP contribution in [-0.4, -0.2) is 6.04 Å². The summed E-state index contributed by atoms with van der Waals surface area (Å²) in [7, 11) is 0. The Labute approximate surface area is 122 Å². The van der Waals surface area contributed by atoms with Crippen molar-refractivity contribution in [2.75, 3.05) is 0 Å². The molecule has 106 valence electrons. The van der Waals surface area contributed by atoms with Crippen molar-refractivity contribution in [2.24, 2.45) is 0 Å². The van der Waals surface area contributed by atoms with Gasteiger partial charge in [-0.15, -0.1) is 0 Å². The molecule has 1 aromatic heterocycles. The Hall–Kier alpha value is -2.13. The van der Waals surface area contributed by atoms with Crippen LogP contribution in [0.15, 0.2) is 52.9 Å². The van der Waals surface area contributed by atoms with E-state index in [1.807, 2.05) is 30.3 Å². The van der Waals surface area contributed by atoms with E-state index in [0.717, 1.165) is 29.0 Å². The summed E-state index contributed by atoms with van der Waals surface area (Å²) in [5, 5.41) is 4.94. The van der Waals surface area contributed by atoms with E-state index in [1.54, 1.807) is 12.1 Å². The summed E-state index contributed by atoms with van der Waals surface area (Å²) in [6, 6.07) is 15.4. The highest BCUT2D eigenvalue weighted by Crippen LogP contribution is 2.31. The van der Waals surface area contributed by atoms with Crippen molar-refractivity contribution in [3.05, 3.63) is 60.1 Å². The molecule has 0 atom stereocenters. The van der Waals surface area contributed by atoms with Crippen LogP contribution < -0.4 is 5.32 Å². The van der Waals surface area contributed by atoms with E-state index in [-0.39, 0.29) is 5.82 Å². The number of halogens is 1. The smallest absolute Gasteiger partial charge is 0.134 e. The number of nitrogens with one attached hydrogen (secondary N) is 1. The van der Waals surface area contributed by atoms with E-state index >= 15 is 0 Å². The quantitative estimate of drug-likeness (QED) is 0.762. The van der Waals surface area contributed by atoms with Gasteiger partial charge in [-0.05, 0) is 42.5 Å². The van der Waals surface area contributed by atoms with Crippen LogP contribution in [0.2, 0.25) is 0 Å². The van der Waals surface area contributed by atoms with Gasteiger partial charge in [0.15, 0.2) is 0 Å². The summed E-state index contributed by atoms with van der Waals surface area (Å²) in [6.45, 7) is 0.754. The van der Waals surface area contributed by atoms with Gasteiger partial charge >= 0.3 is 0 Å². The predicted octanol–water partition coefficient (Wildman–Crippen LogP) is 4.49. The van der Waals surface area contributed by atoms with Crippen molar-refractivity contribution < 1.29 is 8.81 Å². The molecule has 21 heavy (non-hydrogen) atoms. The molecule has 3 heteroatoms. The SMILES string of the molecule is Fc1ccc(-c2ccc(CNC3CC3)o2)c2ccccc12. The summed E-state index contributed by atoms with van der Waals surface area (Å²) in [5.74, 6) is 1.51. The van der Waals surface area contributed by atoms with Crippen LogP contribution in [0, 0.1) is 5.82 Å². The number of rotatable bonds is 4. The van der Waals surface area contributed by atoms with Crippen molar-refractivity contribution >= 4 is 10.8 Å². The Balaban J connectivity index is 1.70. The Morgan fingerprint density at radius 1 is 1.00 bits per heavy atom. The molecule has 2 aromatic carbocycles. The van der Waals surface area contributed by atoms with Crippen molar-refractivity contribution in [3.63, 3.8) is 0 Å². The first-order valence-electron chi connectivity index (χ1n) is 7.31. The molecular formula is C18H16FNO. The van der Waals surface area contributed by atoms with E-state index in [1.165, 1.54) is 18.9 Å². The largest absolute Gasteiger partial charge is 0.460 e. The maximum absolute atomic E-state index is 13.9. The zero-order chi connectivity index (χ0) is 14.2. The summed E-state index contributed by atoms with van der Waals surface area (Å²) in [6.07, 6.45) is 2.52. The van der Waals surface area contributed by atoms with Gasteiger partial charge in [0, 0.05) is 17.0 Å². The monoisotopic (exact) mass is 281 g/mol. The minimum Gasteiger partial charge on any atom is -0.460 e. The first kappa shape index (κ1) is 12.6. The highest BCUT2D eigenvalue weighted by Gasteiger charge is 2.20. The first-order chi connectivity index (χ1) is 10.3. The second kappa shape index (κ2) is 5.01. The van der Waals surface area contributed by atoms with Gasteiger partial charge in [-0.1, -0.05) is 24.3 Å². The van der Waals surface area contributed by atoms with Crippen LogP contribution in [0.5, 0.6) is 0 Å². The highest BCUT2D eigenvalue weighted by molar-refractivity contribution is 5.95. The number of hydrogen-bond acceptors (Lipinski definition) is 2. The molecule has 1 aliphatic rings. The number of furan rings is 1. The van der Waals surface area contributed by atoms with Crippen molar-refractivity contribution in [3.8, 4) is 11.3 Å². The third kappa shape index (κ3) is 2.45. The molecule has 3 aromatic rings. The van der Waals surface area contributed by atoms with Gasteiger partial charge < -0.3 is 9.73 Å². The van der Waals surface area contributed by atoms with Gasteiger partial charge in [0.25, 0.3) is 0 Å². The maximum atomic E-state index is 13.9. The highest BCUT2D eigenvalue weighted by atomic mass is 19.1. The molecule has 0 bridgehead atoms. The van der Waals surface area contributed by atoms with E-state index in [4.69, 9.17) is 4.42 Å². The van der Waals surface area contributed by atoms with Crippen LogP contribution in [0.3, 0.4) is 0 Å². The van der Waals surface area contributed by atoms with Gasteiger partial charge in [0.05, 0.1) is 6.54 Å². The Kier molecular flexibility index (Phi) is 3.00. The zero-order valence-electron chi connectivity index (χ0n) is 11.6. The molecule has 1 heterocycles. The predicted molar refractivity (Wildman–Crippen MR) is 81.5 cm³/mol. The molecular weight excluding hydrogens is 265 g/mol. The number of benzene rings is 2. The summed E-state index contributed by atoms with van der Waals surface area (Å²) >= 11 is 0. The fraction of sp³-hybridized carbons (Fsp3) is 0.222. The topological polar surface area (TPSA) is 25.2 Å². The van der Waals surface area contributed by atoms with Gasteiger partial charge in [0.2, 0.25) is 0 Å². The molecule has 4 rings (SSSR count). The molecule has 0 aliphatic heterocycles. The molecule has 1 saturated carbocycles. The van der Waals surface area contributed by atoms with Crippen LogP contribution in [0.1, 0.15) is 18.6 Å². The summed E-state index contributed by atoms with van der Waals surface area (Å²) in [4.78, 5) is 0. The van der Waals surface area contributed by atoms with Crippen LogP contribution in [0.4, 0.5) is 4.39 Å². The van der Waals surface area contributed by atoms with Crippen LogP contribution in [0.25, 0.3) is 22.1 Å². The number of fused-ring (bicyclic) bond motifs is 1. The lowest BCUT2D eigenvalue weighted by Crippen LogP contribution is -2.14. The Bertz CT molecular complexity index is 789. The van der Waals surface area contributed by atoms with E-state index < -0.39 is 0 Å². The molecule has 0 saturated heterocycles. The molecule has 1 N–H and O–H groups in total. The molecule has 0 unspecified atom stereocenters. The molecule has 0 radical (unpaired) electrons. The minimum atomic E-state index is -0.198. The average Bonchev–Trinajstić information content (AvgIpc) is 3.23. The standard InChI is InChI=1S/C18H16FNO/c19-17-9-8-16(14-3-1-2-4-15(14)17)18-10-7-13(21-18)11-20-12-5-6-12/h1-4,7-10,12,20H,5-6,11H2. The fourth-order valence-corrected chi connectivity index (χ4v) is 2.63. The van der Waals surface area contributed by atoms with Gasteiger partial charge in [-0.3, -0.25) is 0 Å². The average molecular weight is 281 g/mol. The van der Waals surface area contributed by atoms with Crippen molar-refractivity contribution in [2.45, 2.75) is 25.4 Å². The lowest BCUT2D eigenvalue weighted by Gasteiger charge is -2.05. The molecule has 1 fully saturated rings. The van der Waals surface area contributed by atoms with Crippen molar-refractivity contribution in [1.82, 2.24) is 5.32 Å². The fourth-order valence-electron chi connectivity index (χ4n) is 2.63. The van der Waals surface area contributed by atoms with E-state index in [0.29, 0.717) is 11.4 Å². The van der Waals surface area contributed by atoms with Crippen molar-refractivity contribution in [1.29, 1.82) is 0 Å².